The normalized spacial score (nSPS) is 14.4. The maximum absolute atomic E-state index is 12.9. The largest absolute Gasteiger partial charge is 0.366 e. The molecule has 0 spiro atoms. The van der Waals surface area contributed by atoms with E-state index in [0.29, 0.717) is 29.5 Å². The van der Waals surface area contributed by atoms with E-state index in [1.54, 1.807) is 23.1 Å². The molecule has 3 aromatic heterocycles. The van der Waals surface area contributed by atoms with E-state index >= 15 is 0 Å². The molecular formula is C25H26N6O. The van der Waals surface area contributed by atoms with Crippen LogP contribution in [0.4, 0.5) is 11.5 Å². The molecule has 7 nitrogen and oxygen atoms in total. The highest BCUT2D eigenvalue weighted by Gasteiger charge is 2.17. The maximum atomic E-state index is 12.9. The lowest BCUT2D eigenvalue weighted by molar-refractivity contribution is 0.102. The first-order valence-electron chi connectivity index (χ1n) is 11.1. The molecule has 0 atom stereocenters. The van der Waals surface area contributed by atoms with Crippen molar-refractivity contribution in [3.05, 3.63) is 83.9 Å². The van der Waals surface area contributed by atoms with Gasteiger partial charge in [-0.05, 0) is 54.2 Å². The number of hydrogen-bond donors (Lipinski definition) is 2. The van der Waals surface area contributed by atoms with E-state index < -0.39 is 0 Å². The van der Waals surface area contributed by atoms with Crippen LogP contribution in [0, 0.1) is 0 Å². The summed E-state index contributed by atoms with van der Waals surface area (Å²) in [5.41, 5.74) is 4.14. The number of amides is 1. The first kappa shape index (κ1) is 20.2. The average molecular weight is 427 g/mol. The van der Waals surface area contributed by atoms with Crippen LogP contribution in [0.3, 0.4) is 0 Å². The average Bonchev–Trinajstić information content (AvgIpc) is 3.28. The first-order chi connectivity index (χ1) is 15.8. The Kier molecular flexibility index (Phi) is 5.79. The van der Waals surface area contributed by atoms with E-state index in [9.17, 15) is 4.79 Å². The van der Waals surface area contributed by atoms with Gasteiger partial charge in [-0.25, -0.2) is 9.50 Å². The minimum Gasteiger partial charge on any atom is -0.366 e. The molecule has 1 fully saturated rings. The van der Waals surface area contributed by atoms with E-state index in [2.05, 4.69) is 37.8 Å². The Balaban J connectivity index is 1.28. The van der Waals surface area contributed by atoms with Gasteiger partial charge >= 0.3 is 0 Å². The zero-order valence-electron chi connectivity index (χ0n) is 17.9. The summed E-state index contributed by atoms with van der Waals surface area (Å²) in [6.07, 6.45) is 13.4. The predicted molar refractivity (Wildman–Crippen MR) is 125 cm³/mol. The zero-order valence-corrected chi connectivity index (χ0v) is 17.9. The molecule has 0 bridgehead atoms. The van der Waals surface area contributed by atoms with Crippen molar-refractivity contribution in [2.45, 2.75) is 44.6 Å². The molecule has 1 aliphatic rings. The fourth-order valence-electron chi connectivity index (χ4n) is 4.30. The molecule has 32 heavy (non-hydrogen) atoms. The Bertz CT molecular complexity index is 1200. The number of benzene rings is 1. The van der Waals surface area contributed by atoms with Crippen molar-refractivity contribution < 1.29 is 4.79 Å². The second-order valence-electron chi connectivity index (χ2n) is 8.27. The second kappa shape index (κ2) is 9.18. The molecule has 7 heteroatoms. The van der Waals surface area contributed by atoms with E-state index in [1.165, 1.54) is 37.7 Å². The summed E-state index contributed by atoms with van der Waals surface area (Å²) >= 11 is 0. The number of pyridine rings is 1. The Hall–Kier alpha value is -3.74. The second-order valence-corrected chi connectivity index (χ2v) is 8.27. The quantitative estimate of drug-likeness (QED) is 0.451. The molecule has 0 radical (unpaired) electrons. The lowest BCUT2D eigenvalue weighted by Crippen LogP contribution is -2.12. The van der Waals surface area contributed by atoms with Crippen molar-refractivity contribution >= 4 is 23.1 Å². The number of rotatable bonds is 6. The summed E-state index contributed by atoms with van der Waals surface area (Å²) in [4.78, 5) is 21.6. The Morgan fingerprint density at radius 1 is 1.03 bits per heavy atom. The highest BCUT2D eigenvalue weighted by atomic mass is 16.1. The molecular weight excluding hydrogens is 400 g/mol. The summed E-state index contributed by atoms with van der Waals surface area (Å²) < 4.78 is 1.61. The van der Waals surface area contributed by atoms with Gasteiger partial charge in [-0.2, -0.15) is 5.10 Å². The Morgan fingerprint density at radius 3 is 2.66 bits per heavy atom. The van der Waals surface area contributed by atoms with E-state index in [4.69, 9.17) is 0 Å². The van der Waals surface area contributed by atoms with Crippen molar-refractivity contribution in [3.8, 4) is 0 Å². The van der Waals surface area contributed by atoms with Gasteiger partial charge in [-0.3, -0.25) is 9.78 Å². The van der Waals surface area contributed by atoms with Crippen LogP contribution >= 0.6 is 0 Å². The summed E-state index contributed by atoms with van der Waals surface area (Å²) in [6.45, 7) is 0.597. The highest BCUT2D eigenvalue weighted by molar-refractivity contribution is 6.08. The van der Waals surface area contributed by atoms with Gasteiger partial charge in [-0.15, -0.1) is 0 Å². The monoisotopic (exact) mass is 426 g/mol. The third-order valence-electron chi connectivity index (χ3n) is 6.06. The first-order valence-corrected chi connectivity index (χ1v) is 11.1. The predicted octanol–water partition coefficient (Wildman–Crippen LogP) is 5.04. The van der Waals surface area contributed by atoms with Crippen LogP contribution in [-0.2, 0) is 6.54 Å². The van der Waals surface area contributed by atoms with Gasteiger partial charge in [0, 0.05) is 30.8 Å². The third kappa shape index (κ3) is 4.46. The molecule has 1 aliphatic carbocycles. The molecule has 2 N–H and O–H groups in total. The van der Waals surface area contributed by atoms with Gasteiger partial charge in [0.25, 0.3) is 5.91 Å². The van der Waals surface area contributed by atoms with Gasteiger partial charge in [0.2, 0.25) is 0 Å². The molecule has 5 rings (SSSR count). The zero-order chi connectivity index (χ0) is 21.8. The lowest BCUT2D eigenvalue weighted by Gasteiger charge is -2.22. The molecule has 4 aromatic rings. The number of fused-ring (bicyclic) bond motifs is 1. The van der Waals surface area contributed by atoms with Crippen molar-refractivity contribution in [2.75, 3.05) is 10.6 Å². The van der Waals surface area contributed by atoms with Gasteiger partial charge in [0.1, 0.15) is 11.4 Å². The van der Waals surface area contributed by atoms with Crippen molar-refractivity contribution in [3.63, 3.8) is 0 Å². The lowest BCUT2D eigenvalue weighted by atomic mass is 9.84. The maximum Gasteiger partial charge on any atom is 0.261 e. The molecule has 1 aromatic carbocycles. The highest BCUT2D eigenvalue weighted by Crippen LogP contribution is 2.33. The number of nitrogens with one attached hydrogen (secondary N) is 2. The molecule has 3 heterocycles. The van der Waals surface area contributed by atoms with E-state index in [-0.39, 0.29) is 5.91 Å². The number of aromatic nitrogens is 4. The van der Waals surface area contributed by atoms with Crippen LogP contribution < -0.4 is 10.6 Å². The van der Waals surface area contributed by atoms with Crippen molar-refractivity contribution in [1.29, 1.82) is 0 Å². The number of hydrogen-bond acceptors (Lipinski definition) is 5. The molecule has 162 valence electrons. The van der Waals surface area contributed by atoms with Crippen LogP contribution in [0.25, 0.3) is 5.65 Å². The Morgan fingerprint density at radius 2 is 1.88 bits per heavy atom. The number of nitrogens with zero attached hydrogens (tertiary/aromatic N) is 4. The van der Waals surface area contributed by atoms with Crippen LogP contribution in [0.1, 0.15) is 59.5 Å². The minimum atomic E-state index is -0.220. The van der Waals surface area contributed by atoms with Crippen LogP contribution in [0.5, 0.6) is 0 Å². The summed E-state index contributed by atoms with van der Waals surface area (Å²) in [5, 5.41) is 10.5. The van der Waals surface area contributed by atoms with Gasteiger partial charge in [0.05, 0.1) is 6.20 Å². The molecule has 0 aliphatic heterocycles. The van der Waals surface area contributed by atoms with Gasteiger partial charge in [-0.1, -0.05) is 37.5 Å². The summed E-state index contributed by atoms with van der Waals surface area (Å²) in [5.74, 6) is 1.10. The molecule has 0 unspecified atom stereocenters. The van der Waals surface area contributed by atoms with E-state index in [1.807, 2.05) is 36.5 Å². The Labute approximate surface area is 186 Å². The molecule has 1 saturated carbocycles. The van der Waals surface area contributed by atoms with Crippen molar-refractivity contribution in [2.24, 2.45) is 0 Å². The fraction of sp³-hybridized carbons (Fsp3) is 0.280. The summed E-state index contributed by atoms with van der Waals surface area (Å²) in [6, 6.07) is 14.0. The topological polar surface area (TPSA) is 84.2 Å². The van der Waals surface area contributed by atoms with Gasteiger partial charge < -0.3 is 10.6 Å². The number of carbonyl (C=O) groups is 1. The number of anilines is 2. The molecule has 0 saturated heterocycles. The molecule has 1 amide bonds. The van der Waals surface area contributed by atoms with Crippen molar-refractivity contribution in [1.82, 2.24) is 19.6 Å². The summed E-state index contributed by atoms with van der Waals surface area (Å²) in [7, 11) is 0. The van der Waals surface area contributed by atoms with Crippen LogP contribution in [0.2, 0.25) is 0 Å². The fourth-order valence-corrected chi connectivity index (χ4v) is 4.30. The number of carbonyl (C=O) groups excluding carboxylic acids is 1. The standard InChI is InChI=1S/C25H26N6O/c32-25(29-21-10-8-20(9-11-21)19-6-2-1-3-7-19)22-17-28-31-14-12-23(30-24(22)31)27-16-18-5-4-13-26-15-18/h4-5,8-15,17,19H,1-3,6-7,16H2,(H,27,30)(H,29,32). The third-order valence-corrected chi connectivity index (χ3v) is 6.06. The smallest absolute Gasteiger partial charge is 0.261 e. The van der Waals surface area contributed by atoms with E-state index in [0.717, 1.165) is 11.3 Å². The minimum absolute atomic E-state index is 0.220. The SMILES string of the molecule is O=C(Nc1ccc(C2CCCCC2)cc1)c1cnn2ccc(NCc3cccnc3)nc12. The van der Waals surface area contributed by atoms with Crippen LogP contribution in [0.15, 0.2) is 67.3 Å². The van der Waals surface area contributed by atoms with Gasteiger partial charge in [0.15, 0.2) is 5.65 Å². The van der Waals surface area contributed by atoms with Crippen LogP contribution in [-0.4, -0.2) is 25.5 Å².